The predicted octanol–water partition coefficient (Wildman–Crippen LogP) is 4.91. The van der Waals surface area contributed by atoms with Crippen molar-refractivity contribution in [2.45, 2.75) is 63.7 Å². The van der Waals surface area contributed by atoms with E-state index in [-0.39, 0.29) is 20.6 Å². The summed E-state index contributed by atoms with van der Waals surface area (Å²) in [7, 11) is 0. The molecule has 2 radical (unpaired) electrons. The van der Waals surface area contributed by atoms with E-state index in [9.17, 15) is 0 Å². The van der Waals surface area contributed by atoms with E-state index in [0.29, 0.717) is 5.57 Å². The normalized spacial score (nSPS) is 11.1. The molecule has 0 atom stereocenters. The van der Waals surface area contributed by atoms with Gasteiger partial charge >= 0.3 is 102 Å². The average molecular weight is 321 g/mol. The van der Waals surface area contributed by atoms with Crippen molar-refractivity contribution in [1.82, 2.24) is 0 Å². The van der Waals surface area contributed by atoms with Crippen LogP contribution >= 0.6 is 5.57 Å². The van der Waals surface area contributed by atoms with Crippen LogP contribution in [0.2, 0.25) is 4.44 Å². The monoisotopic (exact) mass is 322 g/mol. The van der Waals surface area contributed by atoms with Crippen LogP contribution < -0.4 is 0 Å². The van der Waals surface area contributed by atoms with Crippen LogP contribution in [0.5, 0.6) is 0 Å². The van der Waals surface area contributed by atoms with Crippen LogP contribution in [-0.4, -0.2) is 32.9 Å². The van der Waals surface area contributed by atoms with E-state index in [2.05, 4.69) is 20.8 Å². The molecule has 84 valence electrons. The van der Waals surface area contributed by atoms with E-state index in [1.807, 2.05) is 0 Å². The van der Waals surface area contributed by atoms with Gasteiger partial charge in [0.15, 0.2) is 0 Å². The van der Waals surface area contributed by atoms with Crippen LogP contribution in [0.1, 0.15) is 59.3 Å². The van der Waals surface area contributed by atoms with Crippen molar-refractivity contribution in [3.8, 4) is 0 Å². The number of hydrogen-bond acceptors (Lipinski definition) is 0. The van der Waals surface area contributed by atoms with Gasteiger partial charge in [-0.05, 0) is 0 Å². The third kappa shape index (κ3) is 9.77. The van der Waals surface area contributed by atoms with Crippen molar-refractivity contribution in [1.29, 1.82) is 0 Å². The molecular weight excluding hydrogens is 294 g/mol. The Bertz CT molecular complexity index is 98.5. The van der Waals surface area contributed by atoms with Gasteiger partial charge in [-0.1, -0.05) is 0 Å². The van der Waals surface area contributed by atoms with E-state index < -0.39 is 0 Å². The Balaban J connectivity index is 3.49. The first-order valence-corrected chi connectivity index (χ1v) is 13.9. The second-order valence-electron chi connectivity index (χ2n) is 3.96. The third-order valence-corrected chi connectivity index (χ3v) is 15.4. The molecule has 0 spiro atoms. The zero-order valence-electron chi connectivity index (χ0n) is 10.3. The molecule has 0 aliphatic rings. The summed E-state index contributed by atoms with van der Waals surface area (Å²) >= 11 is 0.0652. The number of rotatable bonds is 10. The minimum atomic E-state index is 0.0652. The Labute approximate surface area is 102 Å². The van der Waals surface area contributed by atoms with Crippen molar-refractivity contribution in [3.05, 3.63) is 0 Å². The summed E-state index contributed by atoms with van der Waals surface area (Å²) < 4.78 is 1.67. The first-order chi connectivity index (χ1) is 6.85. The molecule has 0 saturated carbocycles. The van der Waals surface area contributed by atoms with Crippen molar-refractivity contribution >= 4 is 26.2 Å². The van der Waals surface area contributed by atoms with Gasteiger partial charge in [-0.2, -0.15) is 0 Å². The molecule has 0 aliphatic heterocycles. The predicted molar refractivity (Wildman–Crippen MR) is 71.9 cm³/mol. The molecule has 0 nitrogen and oxygen atoms in total. The molecule has 0 aromatic carbocycles. The third-order valence-electron chi connectivity index (χ3n) is 2.43. The Morgan fingerprint density at radius 3 is 1.71 bits per heavy atom. The Morgan fingerprint density at radius 2 is 1.29 bits per heavy atom. The maximum absolute atomic E-state index is 2.34. The molecule has 0 N–H and O–H groups in total. The van der Waals surface area contributed by atoms with Gasteiger partial charge in [0, 0.05) is 0 Å². The molecule has 0 rings (SSSR count). The van der Waals surface area contributed by atoms with Crippen molar-refractivity contribution in [3.63, 3.8) is 0 Å². The average Bonchev–Trinajstić information content (AvgIpc) is 2.21. The fraction of sp³-hybridized carbons (Fsp3) is 1.00. The number of unbranched alkanes of at least 4 members (excludes halogenated alkanes) is 3. The topological polar surface area (TPSA) is 0 Å². The summed E-state index contributed by atoms with van der Waals surface area (Å²) in [5, 5.41) is 0. The van der Waals surface area contributed by atoms with Crippen molar-refractivity contribution in [2.75, 3.05) is 12.3 Å². The van der Waals surface area contributed by atoms with E-state index >= 15 is 0 Å². The van der Waals surface area contributed by atoms with Gasteiger partial charge in [-0.15, -0.1) is 0 Å². The van der Waals surface area contributed by atoms with Crippen LogP contribution in [0.4, 0.5) is 0 Å². The molecule has 0 fully saturated rings. The molecule has 0 aliphatic carbocycles. The van der Waals surface area contributed by atoms with Gasteiger partial charge in [0.1, 0.15) is 0 Å². The van der Waals surface area contributed by atoms with Crippen LogP contribution in [0.15, 0.2) is 0 Å². The van der Waals surface area contributed by atoms with Gasteiger partial charge in [-0.25, -0.2) is 0 Å². The van der Waals surface area contributed by atoms with Gasteiger partial charge in [0.05, 0.1) is 0 Å². The van der Waals surface area contributed by atoms with E-state index in [1.54, 1.807) is 16.8 Å². The van der Waals surface area contributed by atoms with Gasteiger partial charge in [0.25, 0.3) is 0 Å². The summed E-state index contributed by atoms with van der Waals surface area (Å²) in [6.45, 7) is 7.01. The van der Waals surface area contributed by atoms with E-state index in [4.69, 9.17) is 0 Å². The molecule has 14 heavy (non-hydrogen) atoms. The Morgan fingerprint density at radius 1 is 0.786 bits per heavy atom. The fourth-order valence-corrected chi connectivity index (χ4v) is 14.3. The zero-order valence-corrected chi connectivity index (χ0v) is 14.1. The summed E-state index contributed by atoms with van der Waals surface area (Å²) in [5.74, 6) is 0. The molecule has 0 unspecified atom stereocenters. The Kier molecular flexibility index (Phi) is 13.4. The summed E-state index contributed by atoms with van der Waals surface area (Å²) in [6, 6.07) is 0. The second kappa shape index (κ2) is 12.3. The summed E-state index contributed by atoms with van der Waals surface area (Å²) in [5.41, 5.74) is 0.586. The quantitative estimate of drug-likeness (QED) is 0.305. The SMILES string of the molecule is CCC[CH2][Sn][P](CCCC)CCCC. The first-order valence-electron chi connectivity index (χ1n) is 6.33. The standard InChI is InChI=1S/C8H18P.C4H9.Sn/c1-3-5-7-9-8-6-4-2;1-3-4-2;/h3-8H2,1-2H3;1,3-4H2,2H3;/q-1;;+1. The minimum absolute atomic E-state index is 0.0652. The Hall–Kier alpha value is 1.23. The summed E-state index contributed by atoms with van der Waals surface area (Å²) in [6.07, 6.45) is 12.1. The zero-order chi connectivity index (χ0) is 10.6. The molecule has 0 aromatic rings. The van der Waals surface area contributed by atoms with Crippen LogP contribution in [0.25, 0.3) is 0 Å². The van der Waals surface area contributed by atoms with Gasteiger partial charge < -0.3 is 0 Å². The van der Waals surface area contributed by atoms with Crippen LogP contribution in [-0.2, 0) is 0 Å². The molecule has 0 bridgehead atoms. The molecule has 0 saturated heterocycles. The van der Waals surface area contributed by atoms with Crippen LogP contribution in [0.3, 0.4) is 0 Å². The van der Waals surface area contributed by atoms with Crippen LogP contribution in [0, 0.1) is 0 Å². The number of hydrogen-bond donors (Lipinski definition) is 0. The van der Waals surface area contributed by atoms with Gasteiger partial charge in [-0.3, -0.25) is 0 Å². The van der Waals surface area contributed by atoms with E-state index in [1.165, 1.54) is 38.5 Å². The maximum atomic E-state index is 2.34. The molecule has 0 aromatic heterocycles. The summed E-state index contributed by atoms with van der Waals surface area (Å²) in [4.78, 5) is 0. The van der Waals surface area contributed by atoms with Crippen molar-refractivity contribution < 1.29 is 0 Å². The van der Waals surface area contributed by atoms with Crippen molar-refractivity contribution in [2.24, 2.45) is 0 Å². The molecule has 0 amide bonds. The first kappa shape index (κ1) is 15.2. The molecule has 2 heteroatoms. The fourth-order valence-electron chi connectivity index (χ4n) is 1.38. The van der Waals surface area contributed by atoms with Gasteiger partial charge in [0.2, 0.25) is 0 Å². The second-order valence-corrected chi connectivity index (χ2v) is 15.8. The van der Waals surface area contributed by atoms with E-state index in [0.717, 1.165) is 0 Å². The molecular formula is C12H27PSn. The molecule has 0 heterocycles.